The van der Waals surface area contributed by atoms with E-state index in [1.807, 2.05) is 63.2 Å². The van der Waals surface area contributed by atoms with Gasteiger partial charge in [0, 0.05) is 42.6 Å². The molecule has 2 saturated heterocycles. The van der Waals surface area contributed by atoms with Gasteiger partial charge in [-0.05, 0) is 72.4 Å². The SMILES string of the molecule is CC#Cc1cc(-c2cnc([C@@H]3CCCN3C(=O)[C@@H](NC(=O)OC)C(C)C)[nH]2)ccc1-c1ccc2c(ccc3nc([C@@H]4C[C@H](COC)CN4C(=O)[C@H](NC(=O)OC)c4ccccc4)[nH]c32)c1. The molecule has 2 aliphatic rings. The predicted molar refractivity (Wildman–Crippen MR) is 246 cm³/mol. The molecule has 8 rings (SSSR count). The van der Waals surface area contributed by atoms with Crippen molar-refractivity contribution in [2.75, 3.05) is 41.0 Å². The number of imidazole rings is 2. The van der Waals surface area contributed by atoms with Gasteiger partial charge in [0.05, 0.1) is 55.8 Å². The molecule has 4 heterocycles. The summed E-state index contributed by atoms with van der Waals surface area (Å²) in [5.41, 5.74) is 6.81. The molecule has 0 radical (unpaired) electrons. The molecule has 4 aromatic carbocycles. The molecule has 2 fully saturated rings. The minimum atomic E-state index is -0.952. The fraction of sp³-hybridized carbons (Fsp3) is 0.360. The number of aromatic amines is 2. The lowest BCUT2D eigenvalue weighted by Gasteiger charge is -2.30. The lowest BCUT2D eigenvalue weighted by molar-refractivity contribution is -0.136. The average molecular weight is 879 g/mol. The van der Waals surface area contributed by atoms with Crippen LogP contribution in [0.5, 0.6) is 0 Å². The summed E-state index contributed by atoms with van der Waals surface area (Å²) in [6, 6.07) is 23.4. The molecule has 6 aromatic rings. The summed E-state index contributed by atoms with van der Waals surface area (Å²) in [4.78, 5) is 73.1. The fourth-order valence-electron chi connectivity index (χ4n) is 9.26. The molecule has 0 saturated carbocycles. The number of aromatic nitrogens is 4. The number of carbonyl (C=O) groups is 4. The molecule has 4 amide bonds. The van der Waals surface area contributed by atoms with E-state index in [0.717, 1.165) is 62.6 Å². The van der Waals surface area contributed by atoms with Crippen LogP contribution in [-0.4, -0.2) is 101 Å². The highest BCUT2D eigenvalue weighted by Crippen LogP contribution is 2.39. The minimum absolute atomic E-state index is 0.0623. The zero-order valence-electron chi connectivity index (χ0n) is 37.4. The van der Waals surface area contributed by atoms with Crippen LogP contribution in [0.2, 0.25) is 0 Å². The summed E-state index contributed by atoms with van der Waals surface area (Å²) in [6.07, 6.45) is 2.66. The Balaban J connectivity index is 1.06. The van der Waals surface area contributed by atoms with E-state index >= 15 is 0 Å². The van der Waals surface area contributed by atoms with Crippen LogP contribution in [0.25, 0.3) is 44.2 Å². The zero-order chi connectivity index (χ0) is 45.8. The summed E-state index contributed by atoms with van der Waals surface area (Å²) in [5, 5.41) is 7.44. The Morgan fingerprint density at radius 3 is 2.35 bits per heavy atom. The normalized spacial score (nSPS) is 18.0. The number of likely N-dealkylation sites (tertiary alicyclic amines) is 2. The fourth-order valence-corrected chi connectivity index (χ4v) is 9.26. The Hall–Kier alpha value is -7.18. The Morgan fingerprint density at radius 1 is 0.846 bits per heavy atom. The molecule has 0 spiro atoms. The predicted octanol–water partition coefficient (Wildman–Crippen LogP) is 7.82. The van der Waals surface area contributed by atoms with Gasteiger partial charge in [-0.15, -0.1) is 5.92 Å². The van der Waals surface area contributed by atoms with Gasteiger partial charge in [0.25, 0.3) is 5.91 Å². The van der Waals surface area contributed by atoms with Crippen molar-refractivity contribution in [3.8, 4) is 34.2 Å². The van der Waals surface area contributed by atoms with Gasteiger partial charge >= 0.3 is 12.2 Å². The molecule has 5 atom stereocenters. The summed E-state index contributed by atoms with van der Waals surface area (Å²) < 4.78 is 15.2. The summed E-state index contributed by atoms with van der Waals surface area (Å²) >= 11 is 0. The van der Waals surface area contributed by atoms with E-state index in [1.54, 1.807) is 23.1 Å². The first-order chi connectivity index (χ1) is 31.5. The molecule has 4 N–H and O–H groups in total. The molecule has 0 aliphatic carbocycles. The number of rotatable bonds is 12. The van der Waals surface area contributed by atoms with Crippen molar-refractivity contribution in [2.45, 2.75) is 64.2 Å². The van der Waals surface area contributed by atoms with Gasteiger partial charge in [-0.25, -0.2) is 19.6 Å². The monoisotopic (exact) mass is 878 g/mol. The Morgan fingerprint density at radius 2 is 1.62 bits per heavy atom. The summed E-state index contributed by atoms with van der Waals surface area (Å²) in [5.74, 6) is 7.26. The molecule has 2 aromatic heterocycles. The highest BCUT2D eigenvalue weighted by Gasteiger charge is 2.42. The number of hydrogen-bond acceptors (Lipinski definition) is 9. The lowest BCUT2D eigenvalue weighted by atomic mass is 9.95. The molecule has 2 aliphatic heterocycles. The van der Waals surface area contributed by atoms with E-state index in [-0.39, 0.29) is 35.7 Å². The van der Waals surface area contributed by atoms with Crippen LogP contribution in [0.15, 0.2) is 85.1 Å². The molecule has 0 bridgehead atoms. The van der Waals surface area contributed by atoms with Gasteiger partial charge in [-0.3, -0.25) is 9.59 Å². The van der Waals surface area contributed by atoms with Crippen LogP contribution in [0.1, 0.15) is 80.9 Å². The maximum Gasteiger partial charge on any atom is 0.407 e. The second-order valence-electron chi connectivity index (χ2n) is 16.9. The highest BCUT2D eigenvalue weighted by atomic mass is 16.5. The summed E-state index contributed by atoms with van der Waals surface area (Å²) in [6.45, 7) is 7.08. The Labute approximate surface area is 377 Å². The third kappa shape index (κ3) is 9.12. The number of fused-ring (bicyclic) bond motifs is 3. The van der Waals surface area contributed by atoms with E-state index in [2.05, 4.69) is 68.8 Å². The lowest BCUT2D eigenvalue weighted by Crippen LogP contribution is -2.51. The topological polar surface area (TPSA) is 184 Å². The highest BCUT2D eigenvalue weighted by molar-refractivity contribution is 6.05. The second kappa shape index (κ2) is 19.3. The minimum Gasteiger partial charge on any atom is -0.453 e. The van der Waals surface area contributed by atoms with Gasteiger partial charge in [0.2, 0.25) is 5.91 Å². The largest absolute Gasteiger partial charge is 0.453 e. The Bertz CT molecular complexity index is 2790. The van der Waals surface area contributed by atoms with Crippen LogP contribution in [0, 0.1) is 23.7 Å². The molecule has 15 heteroatoms. The van der Waals surface area contributed by atoms with Crippen molar-refractivity contribution in [3.05, 3.63) is 108 Å². The van der Waals surface area contributed by atoms with Crippen molar-refractivity contribution in [1.82, 2.24) is 40.4 Å². The number of alkyl carbamates (subject to hydrolysis) is 2. The summed E-state index contributed by atoms with van der Waals surface area (Å²) in [7, 11) is 4.22. The molecule has 0 unspecified atom stereocenters. The number of nitrogens with zero attached hydrogens (tertiary/aromatic N) is 4. The van der Waals surface area contributed by atoms with Crippen LogP contribution in [-0.2, 0) is 23.8 Å². The Kier molecular flexibility index (Phi) is 13.2. The van der Waals surface area contributed by atoms with Crippen LogP contribution < -0.4 is 10.6 Å². The standard InChI is InChI=1S/C50H54N8O7/c1-7-12-32-25-35(39-26-51-45(53-39)40-15-11-22-57(40)47(59)42(29(2)3)55-49(61)64-5)17-19-36(32)33-16-20-37-34(24-33)18-21-38-44(37)54-46(52-38)41-23-30(28-63-4)27-58(41)48(60)43(56-50(62)65-6)31-13-9-8-10-14-31/h8-10,13-14,16-21,24-26,29-30,40-43H,11,15,22-23,27-28H2,1-6H3,(H,51,53)(H,52,54)(H,55,61)(H,56,62)/t30-,40-,41-,42-,43+/m0/s1. The van der Waals surface area contributed by atoms with Crippen LogP contribution in [0.3, 0.4) is 0 Å². The van der Waals surface area contributed by atoms with E-state index in [0.29, 0.717) is 43.3 Å². The number of methoxy groups -OCH3 is 3. The maximum absolute atomic E-state index is 14.4. The zero-order valence-corrected chi connectivity index (χ0v) is 37.4. The van der Waals surface area contributed by atoms with E-state index in [9.17, 15) is 19.2 Å². The maximum atomic E-state index is 14.4. The molecule has 336 valence electrons. The van der Waals surface area contributed by atoms with Crippen molar-refractivity contribution in [2.24, 2.45) is 11.8 Å². The van der Waals surface area contributed by atoms with E-state index < -0.39 is 24.3 Å². The number of benzene rings is 4. The third-order valence-corrected chi connectivity index (χ3v) is 12.4. The van der Waals surface area contributed by atoms with Crippen molar-refractivity contribution < 1.29 is 33.4 Å². The number of hydrogen-bond donors (Lipinski definition) is 4. The molecule has 15 nitrogen and oxygen atoms in total. The quantitative estimate of drug-likeness (QED) is 0.0891. The van der Waals surface area contributed by atoms with Crippen LogP contribution >= 0.6 is 0 Å². The second-order valence-corrected chi connectivity index (χ2v) is 16.9. The molecule has 65 heavy (non-hydrogen) atoms. The molecular formula is C50H54N8O7. The number of H-pyrrole nitrogens is 2. The van der Waals surface area contributed by atoms with E-state index in [4.69, 9.17) is 24.2 Å². The van der Waals surface area contributed by atoms with Gasteiger partial charge in [-0.1, -0.05) is 80.4 Å². The van der Waals surface area contributed by atoms with Gasteiger partial charge in [0.15, 0.2) is 0 Å². The first kappa shape index (κ1) is 44.4. The number of amides is 4. The first-order valence-corrected chi connectivity index (χ1v) is 21.9. The third-order valence-electron chi connectivity index (χ3n) is 12.4. The van der Waals surface area contributed by atoms with Crippen molar-refractivity contribution >= 4 is 45.8 Å². The van der Waals surface area contributed by atoms with Crippen molar-refractivity contribution in [3.63, 3.8) is 0 Å². The van der Waals surface area contributed by atoms with E-state index in [1.165, 1.54) is 14.2 Å². The number of nitrogens with one attached hydrogen (secondary N) is 4. The van der Waals surface area contributed by atoms with Gasteiger partial charge in [0.1, 0.15) is 23.7 Å². The smallest absolute Gasteiger partial charge is 0.407 e. The van der Waals surface area contributed by atoms with Gasteiger partial charge in [-0.2, -0.15) is 0 Å². The van der Waals surface area contributed by atoms with Crippen LogP contribution in [0.4, 0.5) is 9.59 Å². The number of ether oxygens (including phenoxy) is 3. The average Bonchev–Trinajstić information content (AvgIpc) is 4.16. The van der Waals surface area contributed by atoms with Gasteiger partial charge < -0.3 is 44.6 Å². The molecular weight excluding hydrogens is 825 g/mol. The number of carbonyl (C=O) groups excluding carboxylic acids is 4. The van der Waals surface area contributed by atoms with Crippen molar-refractivity contribution in [1.29, 1.82) is 0 Å². The first-order valence-electron chi connectivity index (χ1n) is 21.9.